The molecule has 0 aliphatic heterocycles. The molecule has 27 heavy (non-hydrogen) atoms. The van der Waals surface area contributed by atoms with E-state index >= 15 is 0 Å². The van der Waals surface area contributed by atoms with Gasteiger partial charge in [0.05, 0.1) is 6.61 Å². The Bertz CT molecular complexity index is 910. The van der Waals surface area contributed by atoms with Gasteiger partial charge in [0.1, 0.15) is 11.6 Å². The molecule has 4 nitrogen and oxygen atoms in total. The van der Waals surface area contributed by atoms with Crippen LogP contribution in [0, 0.1) is 13.8 Å². The standard InChI is InChI=1S/C21H24ClN3OS/c1-15-6-4-7-17(12-15)14-27-21-24-23-20(25(21)3)8-5-11-26-19-10-9-18(22)13-16(19)2/h4,6-7,9-10,12-13H,5,8,11,14H2,1-3H3. The Hall–Kier alpha value is -1.98. The van der Waals surface area contributed by atoms with Gasteiger partial charge in [0.15, 0.2) is 5.16 Å². The van der Waals surface area contributed by atoms with Gasteiger partial charge in [-0.25, -0.2) is 0 Å². The second-order valence-electron chi connectivity index (χ2n) is 6.60. The lowest BCUT2D eigenvalue weighted by Gasteiger charge is -2.09. The van der Waals surface area contributed by atoms with Crippen molar-refractivity contribution in [2.45, 2.75) is 37.6 Å². The molecule has 0 radical (unpaired) electrons. The summed E-state index contributed by atoms with van der Waals surface area (Å²) in [6.45, 7) is 4.75. The third-order valence-corrected chi connectivity index (χ3v) is 5.64. The molecule has 0 aliphatic rings. The second kappa shape index (κ2) is 9.29. The van der Waals surface area contributed by atoms with Crippen molar-refractivity contribution in [3.05, 3.63) is 70.0 Å². The van der Waals surface area contributed by atoms with Crippen LogP contribution in [0.25, 0.3) is 0 Å². The summed E-state index contributed by atoms with van der Waals surface area (Å²) in [4.78, 5) is 0. The van der Waals surface area contributed by atoms with E-state index < -0.39 is 0 Å². The summed E-state index contributed by atoms with van der Waals surface area (Å²) in [7, 11) is 2.03. The molecule has 142 valence electrons. The molecule has 0 spiro atoms. The van der Waals surface area contributed by atoms with Crippen molar-refractivity contribution >= 4 is 23.4 Å². The van der Waals surface area contributed by atoms with E-state index in [-0.39, 0.29) is 0 Å². The quantitative estimate of drug-likeness (QED) is 0.374. The molecule has 0 atom stereocenters. The van der Waals surface area contributed by atoms with Crippen LogP contribution in [0.5, 0.6) is 5.75 Å². The van der Waals surface area contributed by atoms with Crippen LogP contribution in [0.15, 0.2) is 47.6 Å². The predicted octanol–water partition coefficient (Wildman–Crippen LogP) is 5.39. The van der Waals surface area contributed by atoms with Gasteiger partial charge < -0.3 is 9.30 Å². The van der Waals surface area contributed by atoms with Crippen molar-refractivity contribution in [1.29, 1.82) is 0 Å². The third-order valence-electron chi connectivity index (χ3n) is 4.31. The summed E-state index contributed by atoms with van der Waals surface area (Å²) in [5.74, 6) is 2.76. The van der Waals surface area contributed by atoms with Gasteiger partial charge in [-0.05, 0) is 49.6 Å². The highest BCUT2D eigenvalue weighted by atomic mass is 35.5. The van der Waals surface area contributed by atoms with E-state index in [4.69, 9.17) is 16.3 Å². The predicted molar refractivity (Wildman–Crippen MR) is 112 cm³/mol. The zero-order valence-corrected chi connectivity index (χ0v) is 17.5. The highest BCUT2D eigenvalue weighted by molar-refractivity contribution is 7.98. The molecule has 0 saturated heterocycles. The monoisotopic (exact) mass is 401 g/mol. The Labute approximate surface area is 169 Å². The summed E-state index contributed by atoms with van der Waals surface area (Å²) in [6.07, 6.45) is 1.72. The molecule has 0 amide bonds. The molecule has 0 unspecified atom stereocenters. The third kappa shape index (κ3) is 5.50. The lowest BCUT2D eigenvalue weighted by Crippen LogP contribution is -2.04. The number of ether oxygens (including phenoxy) is 1. The van der Waals surface area contributed by atoms with Gasteiger partial charge in [0.25, 0.3) is 0 Å². The van der Waals surface area contributed by atoms with E-state index in [2.05, 4.69) is 46.0 Å². The molecule has 1 heterocycles. The largest absolute Gasteiger partial charge is 0.493 e. The van der Waals surface area contributed by atoms with Gasteiger partial charge in [-0.15, -0.1) is 10.2 Å². The van der Waals surface area contributed by atoms with Crippen molar-refractivity contribution in [1.82, 2.24) is 14.8 Å². The number of hydrogen-bond acceptors (Lipinski definition) is 4. The molecule has 0 N–H and O–H groups in total. The van der Waals surface area contributed by atoms with Crippen molar-refractivity contribution in [3.8, 4) is 5.75 Å². The number of nitrogens with zero attached hydrogens (tertiary/aromatic N) is 3. The molecule has 0 bridgehead atoms. The minimum absolute atomic E-state index is 0.640. The highest BCUT2D eigenvalue weighted by Gasteiger charge is 2.10. The zero-order valence-electron chi connectivity index (χ0n) is 15.9. The van der Waals surface area contributed by atoms with Crippen molar-refractivity contribution in [3.63, 3.8) is 0 Å². The number of aromatic nitrogens is 3. The average molecular weight is 402 g/mol. The van der Waals surface area contributed by atoms with Crippen LogP contribution in [-0.2, 0) is 19.2 Å². The Morgan fingerprint density at radius 3 is 2.74 bits per heavy atom. The fourth-order valence-electron chi connectivity index (χ4n) is 2.83. The van der Waals surface area contributed by atoms with Gasteiger partial charge in [0.2, 0.25) is 0 Å². The molecular formula is C21H24ClN3OS. The normalized spacial score (nSPS) is 11.0. The fourth-order valence-corrected chi connectivity index (χ4v) is 3.93. The van der Waals surface area contributed by atoms with Crippen molar-refractivity contribution in [2.24, 2.45) is 7.05 Å². The maximum absolute atomic E-state index is 5.97. The molecule has 3 aromatic rings. The van der Waals surface area contributed by atoms with E-state index in [1.807, 2.05) is 32.2 Å². The lowest BCUT2D eigenvalue weighted by atomic mass is 10.2. The van der Waals surface area contributed by atoms with E-state index in [1.54, 1.807) is 11.8 Å². The Kier molecular flexibility index (Phi) is 6.80. The van der Waals surface area contributed by atoms with Gasteiger partial charge >= 0.3 is 0 Å². The number of aryl methyl sites for hydroxylation is 3. The van der Waals surface area contributed by atoms with E-state index in [9.17, 15) is 0 Å². The first-order chi connectivity index (χ1) is 13.0. The number of rotatable bonds is 8. The van der Waals surface area contributed by atoms with Gasteiger partial charge in [-0.3, -0.25) is 0 Å². The number of halogens is 1. The molecule has 2 aromatic carbocycles. The first-order valence-corrected chi connectivity index (χ1v) is 10.3. The minimum Gasteiger partial charge on any atom is -0.493 e. The Morgan fingerprint density at radius 2 is 1.96 bits per heavy atom. The van der Waals surface area contributed by atoms with Crippen LogP contribution in [0.3, 0.4) is 0 Å². The van der Waals surface area contributed by atoms with Crippen molar-refractivity contribution in [2.75, 3.05) is 6.61 Å². The summed E-state index contributed by atoms with van der Waals surface area (Å²) in [6, 6.07) is 14.2. The van der Waals surface area contributed by atoms with Crippen LogP contribution in [0.2, 0.25) is 5.02 Å². The van der Waals surface area contributed by atoms with Gasteiger partial charge in [-0.2, -0.15) is 0 Å². The summed E-state index contributed by atoms with van der Waals surface area (Å²) in [5.41, 5.74) is 3.63. The van der Waals surface area contributed by atoms with Crippen LogP contribution in [0.1, 0.15) is 28.9 Å². The van der Waals surface area contributed by atoms with E-state index in [0.29, 0.717) is 6.61 Å². The maximum Gasteiger partial charge on any atom is 0.191 e. The molecule has 0 fully saturated rings. The second-order valence-corrected chi connectivity index (χ2v) is 7.98. The first kappa shape index (κ1) is 19.8. The van der Waals surface area contributed by atoms with E-state index in [1.165, 1.54) is 11.1 Å². The van der Waals surface area contributed by atoms with Crippen LogP contribution in [0.4, 0.5) is 0 Å². The maximum atomic E-state index is 5.97. The highest BCUT2D eigenvalue weighted by Crippen LogP contribution is 2.23. The van der Waals surface area contributed by atoms with Crippen LogP contribution < -0.4 is 4.74 Å². The molecular weight excluding hydrogens is 378 g/mol. The van der Waals surface area contributed by atoms with E-state index in [0.717, 1.165) is 45.9 Å². The molecule has 6 heteroatoms. The van der Waals surface area contributed by atoms with Gasteiger partial charge in [0, 0.05) is 24.2 Å². The van der Waals surface area contributed by atoms with Crippen LogP contribution in [-0.4, -0.2) is 21.4 Å². The number of benzene rings is 2. The zero-order chi connectivity index (χ0) is 19.2. The minimum atomic E-state index is 0.640. The SMILES string of the molecule is Cc1cccc(CSc2nnc(CCCOc3ccc(Cl)cc3C)n2C)c1. The average Bonchev–Trinajstić information content (AvgIpc) is 2.98. The molecule has 1 aromatic heterocycles. The fraction of sp³-hybridized carbons (Fsp3) is 0.333. The Balaban J connectivity index is 1.48. The number of thioether (sulfide) groups is 1. The summed E-state index contributed by atoms with van der Waals surface area (Å²) < 4.78 is 7.93. The smallest absolute Gasteiger partial charge is 0.191 e. The molecule has 0 saturated carbocycles. The van der Waals surface area contributed by atoms with Crippen molar-refractivity contribution < 1.29 is 4.74 Å². The van der Waals surface area contributed by atoms with Gasteiger partial charge in [-0.1, -0.05) is 53.2 Å². The molecule has 3 rings (SSSR count). The number of hydrogen-bond donors (Lipinski definition) is 0. The summed E-state index contributed by atoms with van der Waals surface area (Å²) in [5, 5.41) is 10.3. The van der Waals surface area contributed by atoms with Crippen LogP contribution >= 0.6 is 23.4 Å². The Morgan fingerprint density at radius 1 is 1.11 bits per heavy atom. The topological polar surface area (TPSA) is 39.9 Å². The molecule has 0 aliphatic carbocycles. The summed E-state index contributed by atoms with van der Waals surface area (Å²) >= 11 is 7.69. The first-order valence-electron chi connectivity index (χ1n) is 8.98. The lowest BCUT2D eigenvalue weighted by molar-refractivity contribution is 0.307.